The molecule has 0 radical (unpaired) electrons. The summed E-state index contributed by atoms with van der Waals surface area (Å²) in [5, 5.41) is 6.37. The van der Waals surface area contributed by atoms with Crippen molar-refractivity contribution in [1.82, 2.24) is 0 Å². The Balaban J connectivity index is 3.96. The fourth-order valence-corrected chi connectivity index (χ4v) is 0.407. The summed E-state index contributed by atoms with van der Waals surface area (Å²) in [6.45, 7) is 0.336. The van der Waals surface area contributed by atoms with Gasteiger partial charge in [-0.05, 0) is 24.0 Å². The molecule has 0 unspecified atom stereocenters. The number of rotatable bonds is 4. The quantitative estimate of drug-likeness (QED) is 0.353. The summed E-state index contributed by atoms with van der Waals surface area (Å²) < 4.78 is 0. The molecule has 54 valence electrons. The average Bonchev–Trinajstić information content (AvgIpc) is 1.90. The molecule has 0 aliphatic heterocycles. The van der Waals surface area contributed by atoms with Crippen molar-refractivity contribution in [3.05, 3.63) is 20.9 Å². The van der Waals surface area contributed by atoms with E-state index in [0.717, 1.165) is 0 Å². The zero-order chi connectivity index (χ0) is 7.82. The van der Waals surface area contributed by atoms with Gasteiger partial charge in [0.1, 0.15) is 6.17 Å². The lowest BCUT2D eigenvalue weighted by atomic mass is 10.4. The van der Waals surface area contributed by atoms with Crippen molar-refractivity contribution in [1.29, 1.82) is 0 Å². The molecular formula is C3H7N7. The van der Waals surface area contributed by atoms with Gasteiger partial charge < -0.3 is 5.73 Å². The van der Waals surface area contributed by atoms with Crippen LogP contribution in [0.5, 0.6) is 0 Å². The summed E-state index contributed by atoms with van der Waals surface area (Å²) in [5.74, 6) is 0. The van der Waals surface area contributed by atoms with E-state index in [0.29, 0.717) is 13.0 Å². The molecule has 0 atom stereocenters. The van der Waals surface area contributed by atoms with E-state index < -0.39 is 6.17 Å². The first-order valence-corrected chi connectivity index (χ1v) is 2.63. The van der Waals surface area contributed by atoms with E-state index >= 15 is 0 Å². The zero-order valence-corrected chi connectivity index (χ0v) is 5.25. The molecule has 0 aliphatic rings. The number of hydrogen-bond donors (Lipinski definition) is 1. The third kappa shape index (κ3) is 3.57. The third-order valence-corrected chi connectivity index (χ3v) is 0.795. The van der Waals surface area contributed by atoms with E-state index in [4.69, 9.17) is 16.8 Å². The molecule has 0 spiro atoms. The highest BCUT2D eigenvalue weighted by Crippen LogP contribution is 1.98. The topological polar surface area (TPSA) is 124 Å². The second-order valence-corrected chi connectivity index (χ2v) is 1.47. The van der Waals surface area contributed by atoms with Gasteiger partial charge in [-0.2, -0.15) is 0 Å². The molecule has 0 aromatic rings. The van der Waals surface area contributed by atoms with Gasteiger partial charge >= 0.3 is 0 Å². The van der Waals surface area contributed by atoms with Crippen LogP contribution < -0.4 is 5.73 Å². The van der Waals surface area contributed by atoms with Gasteiger partial charge in [-0.3, -0.25) is 0 Å². The summed E-state index contributed by atoms with van der Waals surface area (Å²) in [6.07, 6.45) is -0.298. The first-order chi connectivity index (χ1) is 4.85. The van der Waals surface area contributed by atoms with E-state index in [1.165, 1.54) is 0 Å². The molecule has 0 aromatic carbocycles. The van der Waals surface area contributed by atoms with Crippen molar-refractivity contribution < 1.29 is 0 Å². The number of nitrogens with zero attached hydrogens (tertiary/aromatic N) is 6. The van der Waals surface area contributed by atoms with Crippen molar-refractivity contribution in [2.24, 2.45) is 16.0 Å². The smallest absolute Gasteiger partial charge is 0.117 e. The van der Waals surface area contributed by atoms with Crippen LogP contribution in [0, 0.1) is 0 Å². The number of azide groups is 1. The Hall–Kier alpha value is -1.42. The van der Waals surface area contributed by atoms with Gasteiger partial charge in [0.05, 0.1) is 0 Å². The lowest BCUT2D eigenvalue weighted by Crippen LogP contribution is -2.07. The second-order valence-electron chi connectivity index (χ2n) is 1.47. The van der Waals surface area contributed by atoms with Crippen LogP contribution in [-0.2, 0) is 0 Å². The molecule has 0 fully saturated rings. The van der Waals surface area contributed by atoms with Gasteiger partial charge in [-0.25, -0.2) is 0 Å². The maximum atomic E-state index is 7.92. The minimum absolute atomic E-state index is 0.336. The normalized spacial score (nSPS) is 10.9. The van der Waals surface area contributed by atoms with Gasteiger partial charge in [0.15, 0.2) is 0 Å². The van der Waals surface area contributed by atoms with Crippen LogP contribution in [0.3, 0.4) is 0 Å². The Kier molecular flexibility index (Phi) is 4.90. The van der Waals surface area contributed by atoms with Crippen LogP contribution in [0.2, 0.25) is 0 Å². The van der Waals surface area contributed by atoms with Crippen molar-refractivity contribution >= 4 is 0 Å². The molecule has 2 N–H and O–H groups in total. The Morgan fingerprint density at radius 3 is 2.10 bits per heavy atom. The molecule has 7 nitrogen and oxygen atoms in total. The molecule has 0 saturated heterocycles. The molecule has 0 aromatic heterocycles. The highest BCUT2D eigenvalue weighted by molar-refractivity contribution is 4.64. The van der Waals surface area contributed by atoms with Crippen LogP contribution in [0.1, 0.15) is 6.42 Å². The Labute approximate surface area is 57.1 Å². The van der Waals surface area contributed by atoms with Crippen molar-refractivity contribution in [3.8, 4) is 0 Å². The van der Waals surface area contributed by atoms with Crippen LogP contribution in [0.15, 0.2) is 10.2 Å². The van der Waals surface area contributed by atoms with E-state index in [-0.39, 0.29) is 0 Å². The van der Waals surface area contributed by atoms with Crippen LogP contribution in [0.25, 0.3) is 20.9 Å². The lowest BCUT2D eigenvalue weighted by Gasteiger charge is -1.97. The lowest BCUT2D eigenvalue weighted by molar-refractivity contribution is 0.640. The van der Waals surface area contributed by atoms with E-state index in [2.05, 4.69) is 20.1 Å². The van der Waals surface area contributed by atoms with Gasteiger partial charge in [0.2, 0.25) is 0 Å². The Morgan fingerprint density at radius 1 is 1.30 bits per heavy atom. The first kappa shape index (κ1) is 8.58. The molecule has 0 rings (SSSR count). The summed E-state index contributed by atoms with van der Waals surface area (Å²) in [6, 6.07) is 0. The van der Waals surface area contributed by atoms with E-state index in [1.54, 1.807) is 0 Å². The third-order valence-electron chi connectivity index (χ3n) is 0.795. The fraction of sp³-hybridized carbons (Fsp3) is 1.00. The van der Waals surface area contributed by atoms with Crippen molar-refractivity contribution in [3.63, 3.8) is 0 Å². The van der Waals surface area contributed by atoms with Crippen molar-refractivity contribution in [2.75, 3.05) is 6.54 Å². The van der Waals surface area contributed by atoms with Crippen LogP contribution in [-0.4, -0.2) is 12.7 Å². The average molecular weight is 141 g/mol. The molecule has 0 bridgehead atoms. The van der Waals surface area contributed by atoms with Crippen LogP contribution in [0.4, 0.5) is 0 Å². The SMILES string of the molecule is [N-]=[N+]=NC(CCN)N=[N+]=[N-]. The number of hydrogen-bond acceptors (Lipinski definition) is 3. The Bertz CT molecular complexity index is 155. The maximum Gasteiger partial charge on any atom is 0.117 e. The maximum absolute atomic E-state index is 7.92. The minimum Gasteiger partial charge on any atom is -0.330 e. The molecule has 0 amide bonds. The molecule has 0 aliphatic carbocycles. The molecule has 0 heterocycles. The summed E-state index contributed by atoms with van der Waals surface area (Å²) >= 11 is 0. The van der Waals surface area contributed by atoms with Crippen molar-refractivity contribution in [2.45, 2.75) is 12.6 Å². The monoisotopic (exact) mass is 141 g/mol. The van der Waals surface area contributed by atoms with Gasteiger partial charge in [0.25, 0.3) is 0 Å². The molecule has 10 heavy (non-hydrogen) atoms. The van der Waals surface area contributed by atoms with E-state index in [9.17, 15) is 0 Å². The Morgan fingerprint density at radius 2 is 1.80 bits per heavy atom. The van der Waals surface area contributed by atoms with Gasteiger partial charge in [-0.15, -0.1) is 0 Å². The highest BCUT2D eigenvalue weighted by atomic mass is 15.3. The van der Waals surface area contributed by atoms with Gasteiger partial charge in [0, 0.05) is 9.82 Å². The molecule has 0 saturated carbocycles. The number of nitrogens with two attached hydrogens (primary N) is 1. The largest absolute Gasteiger partial charge is 0.330 e. The first-order valence-electron chi connectivity index (χ1n) is 2.63. The summed E-state index contributed by atoms with van der Waals surface area (Å²) in [4.78, 5) is 4.96. The minimum atomic E-state index is -0.681. The molecule has 7 heteroatoms. The summed E-state index contributed by atoms with van der Waals surface area (Å²) in [7, 11) is 0. The predicted molar refractivity (Wildman–Crippen MR) is 35.8 cm³/mol. The van der Waals surface area contributed by atoms with Crippen LogP contribution >= 0.6 is 0 Å². The predicted octanol–water partition coefficient (Wildman–Crippen LogP) is 1.28. The fourth-order valence-electron chi connectivity index (χ4n) is 0.407. The van der Waals surface area contributed by atoms with Gasteiger partial charge in [-0.1, -0.05) is 10.2 Å². The molecular weight excluding hydrogens is 134 g/mol. The second kappa shape index (κ2) is 5.71. The standard InChI is InChI=1S/C3H7N7/c4-2-1-3(7-9-5)8-10-6/h3H,1-2,4H2. The highest BCUT2D eigenvalue weighted by Gasteiger charge is 1.98. The van der Waals surface area contributed by atoms with E-state index in [1.807, 2.05) is 0 Å². The summed E-state index contributed by atoms with van der Waals surface area (Å²) in [5.41, 5.74) is 21.0. The zero-order valence-electron chi connectivity index (χ0n) is 5.25.